The fourth-order valence-electron chi connectivity index (χ4n) is 1.64. The number of rotatable bonds is 3. The second-order valence-corrected chi connectivity index (χ2v) is 5.17. The maximum absolute atomic E-state index is 6.20. The van der Waals surface area contributed by atoms with E-state index in [0.717, 1.165) is 21.4 Å². The van der Waals surface area contributed by atoms with Crippen molar-refractivity contribution in [2.75, 3.05) is 19.0 Å². The van der Waals surface area contributed by atoms with Crippen LogP contribution in [-0.4, -0.2) is 24.1 Å². The molecule has 94 valence electrons. The predicted octanol–water partition coefficient (Wildman–Crippen LogP) is 2.35. The number of anilines is 1. The van der Waals surface area contributed by atoms with Gasteiger partial charge in [0.25, 0.3) is 0 Å². The second-order valence-electron chi connectivity index (χ2n) is 4.26. The SMILES string of the molecule is CN(C)c1ccc(C(N)c2cncc(Br)c2)cn1. The third kappa shape index (κ3) is 2.86. The predicted molar refractivity (Wildman–Crippen MR) is 76.5 cm³/mol. The zero-order valence-electron chi connectivity index (χ0n) is 10.3. The van der Waals surface area contributed by atoms with E-state index in [2.05, 4.69) is 25.9 Å². The Morgan fingerprint density at radius 2 is 1.94 bits per heavy atom. The van der Waals surface area contributed by atoms with Crippen LogP contribution in [0.3, 0.4) is 0 Å². The monoisotopic (exact) mass is 306 g/mol. The van der Waals surface area contributed by atoms with E-state index in [1.165, 1.54) is 0 Å². The van der Waals surface area contributed by atoms with Crippen LogP contribution in [0.2, 0.25) is 0 Å². The maximum Gasteiger partial charge on any atom is 0.127 e. The topological polar surface area (TPSA) is 55.0 Å². The number of nitrogens with zero attached hydrogens (tertiary/aromatic N) is 3. The number of hydrogen-bond acceptors (Lipinski definition) is 4. The summed E-state index contributed by atoms with van der Waals surface area (Å²) in [4.78, 5) is 10.4. The molecule has 0 saturated heterocycles. The van der Waals surface area contributed by atoms with Gasteiger partial charge >= 0.3 is 0 Å². The van der Waals surface area contributed by atoms with E-state index in [4.69, 9.17) is 5.73 Å². The second kappa shape index (κ2) is 5.46. The highest BCUT2D eigenvalue weighted by atomic mass is 79.9. The van der Waals surface area contributed by atoms with Crippen molar-refractivity contribution in [2.24, 2.45) is 5.73 Å². The average molecular weight is 307 g/mol. The Labute approximate surface area is 115 Å². The molecule has 0 amide bonds. The molecular weight excluding hydrogens is 292 g/mol. The van der Waals surface area contributed by atoms with Crippen molar-refractivity contribution >= 4 is 21.7 Å². The van der Waals surface area contributed by atoms with Crippen LogP contribution in [0.4, 0.5) is 5.82 Å². The van der Waals surface area contributed by atoms with Gasteiger partial charge in [-0.25, -0.2) is 4.98 Å². The minimum atomic E-state index is -0.210. The third-order valence-corrected chi connectivity index (χ3v) is 3.11. The molecule has 0 aliphatic rings. The normalized spacial score (nSPS) is 12.2. The summed E-state index contributed by atoms with van der Waals surface area (Å²) in [6.07, 6.45) is 5.32. The van der Waals surface area contributed by atoms with Crippen molar-refractivity contribution in [1.82, 2.24) is 9.97 Å². The van der Waals surface area contributed by atoms with Crippen LogP contribution in [0.25, 0.3) is 0 Å². The lowest BCUT2D eigenvalue weighted by Crippen LogP contribution is -2.14. The standard InChI is InChI=1S/C13H15BrN4/c1-18(2)12-4-3-9(7-17-12)13(15)10-5-11(14)8-16-6-10/h3-8,13H,15H2,1-2H3. The smallest absolute Gasteiger partial charge is 0.127 e. The summed E-state index contributed by atoms with van der Waals surface area (Å²) in [5.74, 6) is 0.915. The Kier molecular flexibility index (Phi) is 3.93. The molecule has 4 nitrogen and oxygen atoms in total. The van der Waals surface area contributed by atoms with E-state index < -0.39 is 0 Å². The summed E-state index contributed by atoms with van der Waals surface area (Å²) in [7, 11) is 3.92. The largest absolute Gasteiger partial charge is 0.363 e. The Morgan fingerprint density at radius 1 is 1.17 bits per heavy atom. The van der Waals surface area contributed by atoms with Gasteiger partial charge in [0.05, 0.1) is 6.04 Å². The molecule has 18 heavy (non-hydrogen) atoms. The lowest BCUT2D eigenvalue weighted by atomic mass is 10.0. The van der Waals surface area contributed by atoms with Crippen LogP contribution >= 0.6 is 15.9 Å². The quantitative estimate of drug-likeness (QED) is 0.946. The molecular formula is C13H15BrN4. The average Bonchev–Trinajstić information content (AvgIpc) is 2.38. The number of nitrogens with two attached hydrogens (primary N) is 1. The highest BCUT2D eigenvalue weighted by Crippen LogP contribution is 2.22. The Hall–Kier alpha value is -1.46. The molecule has 0 bridgehead atoms. The van der Waals surface area contributed by atoms with Crippen LogP contribution < -0.4 is 10.6 Å². The first-order chi connectivity index (χ1) is 8.58. The molecule has 0 radical (unpaired) electrons. The van der Waals surface area contributed by atoms with Gasteiger partial charge in [-0.1, -0.05) is 6.07 Å². The molecule has 1 unspecified atom stereocenters. The van der Waals surface area contributed by atoms with Crippen molar-refractivity contribution in [1.29, 1.82) is 0 Å². The summed E-state index contributed by atoms with van der Waals surface area (Å²) < 4.78 is 0.924. The summed E-state index contributed by atoms with van der Waals surface area (Å²) >= 11 is 3.39. The molecule has 0 aromatic carbocycles. The molecule has 1 atom stereocenters. The van der Waals surface area contributed by atoms with Gasteiger partial charge in [-0.15, -0.1) is 0 Å². The van der Waals surface area contributed by atoms with Crippen molar-refractivity contribution in [3.63, 3.8) is 0 Å². The first-order valence-corrected chi connectivity index (χ1v) is 6.36. The van der Waals surface area contributed by atoms with Gasteiger partial charge in [0.15, 0.2) is 0 Å². The first kappa shape index (κ1) is 13.0. The van der Waals surface area contributed by atoms with E-state index in [-0.39, 0.29) is 6.04 Å². The molecule has 5 heteroatoms. The lowest BCUT2D eigenvalue weighted by Gasteiger charge is -2.15. The first-order valence-electron chi connectivity index (χ1n) is 5.57. The van der Waals surface area contributed by atoms with Gasteiger partial charge < -0.3 is 10.6 Å². The highest BCUT2D eigenvalue weighted by molar-refractivity contribution is 9.10. The summed E-state index contributed by atoms with van der Waals surface area (Å²) in [6.45, 7) is 0. The van der Waals surface area contributed by atoms with Crippen molar-refractivity contribution < 1.29 is 0 Å². The Morgan fingerprint density at radius 3 is 2.50 bits per heavy atom. The summed E-state index contributed by atoms with van der Waals surface area (Å²) in [6, 6.07) is 5.71. The van der Waals surface area contributed by atoms with Gasteiger partial charge in [-0.2, -0.15) is 0 Å². The number of pyridine rings is 2. The molecule has 2 N–H and O–H groups in total. The molecule has 0 spiro atoms. The molecule has 2 heterocycles. The van der Waals surface area contributed by atoms with Crippen molar-refractivity contribution in [2.45, 2.75) is 6.04 Å². The number of halogens is 1. The molecule has 2 aromatic heterocycles. The highest BCUT2D eigenvalue weighted by Gasteiger charge is 2.10. The maximum atomic E-state index is 6.20. The minimum Gasteiger partial charge on any atom is -0.363 e. The van der Waals surface area contributed by atoms with Gasteiger partial charge in [-0.05, 0) is 39.2 Å². The molecule has 2 rings (SSSR count). The van der Waals surface area contributed by atoms with Crippen molar-refractivity contribution in [3.8, 4) is 0 Å². The van der Waals surface area contributed by atoms with Crippen LogP contribution in [0.5, 0.6) is 0 Å². The van der Waals surface area contributed by atoms with Crippen LogP contribution in [0, 0.1) is 0 Å². The van der Waals surface area contributed by atoms with E-state index >= 15 is 0 Å². The molecule has 2 aromatic rings. The lowest BCUT2D eigenvalue weighted by molar-refractivity contribution is 0.852. The number of aromatic nitrogens is 2. The van der Waals surface area contributed by atoms with E-state index in [1.54, 1.807) is 18.6 Å². The molecule has 0 fully saturated rings. The minimum absolute atomic E-state index is 0.210. The van der Waals surface area contributed by atoms with Crippen molar-refractivity contribution in [3.05, 3.63) is 52.4 Å². The van der Waals surface area contributed by atoms with Gasteiger partial charge in [0, 0.05) is 37.2 Å². The fourth-order valence-corrected chi connectivity index (χ4v) is 2.02. The Balaban J connectivity index is 2.26. The van der Waals surface area contributed by atoms with E-state index in [0.29, 0.717) is 0 Å². The number of hydrogen-bond donors (Lipinski definition) is 1. The summed E-state index contributed by atoms with van der Waals surface area (Å²) in [5, 5.41) is 0. The fraction of sp³-hybridized carbons (Fsp3) is 0.231. The van der Waals surface area contributed by atoms with Gasteiger partial charge in [-0.3, -0.25) is 4.98 Å². The zero-order chi connectivity index (χ0) is 13.1. The zero-order valence-corrected chi connectivity index (χ0v) is 11.9. The van der Waals surface area contributed by atoms with Crippen LogP contribution in [-0.2, 0) is 0 Å². The van der Waals surface area contributed by atoms with Gasteiger partial charge in [0.1, 0.15) is 5.82 Å². The third-order valence-electron chi connectivity index (χ3n) is 2.67. The Bertz CT molecular complexity index is 525. The van der Waals surface area contributed by atoms with Crippen LogP contribution in [0.15, 0.2) is 41.3 Å². The molecule has 0 saturated carbocycles. The molecule has 0 aliphatic heterocycles. The molecule has 0 aliphatic carbocycles. The summed E-state index contributed by atoms with van der Waals surface area (Å²) in [5.41, 5.74) is 8.13. The van der Waals surface area contributed by atoms with Gasteiger partial charge in [0.2, 0.25) is 0 Å². The van der Waals surface area contributed by atoms with Crippen LogP contribution in [0.1, 0.15) is 17.2 Å². The van der Waals surface area contributed by atoms with E-state index in [1.807, 2.05) is 37.2 Å². The van der Waals surface area contributed by atoms with E-state index in [9.17, 15) is 0 Å².